The number of esters is 1. The topological polar surface area (TPSA) is 68.6 Å². The zero-order valence-electron chi connectivity index (χ0n) is 9.72. The Bertz CT molecular complexity index is 371. The summed E-state index contributed by atoms with van der Waals surface area (Å²) in [6, 6.07) is 1.92. The first-order valence-electron chi connectivity index (χ1n) is 5.83. The predicted molar refractivity (Wildman–Crippen MR) is 57.4 cm³/mol. The van der Waals surface area contributed by atoms with Crippen LogP contribution in [0.3, 0.4) is 0 Å². The molecular formula is C12H15NO4. The van der Waals surface area contributed by atoms with Crippen LogP contribution in [0.5, 0.6) is 0 Å². The second-order valence-corrected chi connectivity index (χ2v) is 4.08. The van der Waals surface area contributed by atoms with E-state index in [4.69, 9.17) is 19.5 Å². The van der Waals surface area contributed by atoms with Gasteiger partial charge in [-0.25, -0.2) is 0 Å². The first-order chi connectivity index (χ1) is 8.26. The molecule has 0 aromatic rings. The lowest BCUT2D eigenvalue weighted by Crippen LogP contribution is -2.42. The van der Waals surface area contributed by atoms with E-state index in [0.29, 0.717) is 13.2 Å². The van der Waals surface area contributed by atoms with Crippen molar-refractivity contribution in [2.24, 2.45) is 11.8 Å². The first kappa shape index (κ1) is 11.9. The van der Waals surface area contributed by atoms with Gasteiger partial charge in [-0.05, 0) is 25.8 Å². The van der Waals surface area contributed by atoms with Gasteiger partial charge in [-0.3, -0.25) is 4.79 Å². The van der Waals surface area contributed by atoms with Gasteiger partial charge in [0.2, 0.25) is 6.29 Å². The van der Waals surface area contributed by atoms with Crippen LogP contribution in [0.1, 0.15) is 19.8 Å². The maximum Gasteiger partial charge on any atom is 0.313 e. The third-order valence-corrected chi connectivity index (χ3v) is 3.02. The molecule has 2 aliphatic rings. The lowest BCUT2D eigenvalue weighted by molar-refractivity contribution is -0.194. The van der Waals surface area contributed by atoms with Gasteiger partial charge in [-0.15, -0.1) is 0 Å². The standard InChI is InChI=1S/C12H15NO4/c1-2-15-11(14)10-6-8(7-13)17-12-9(10)4-3-5-16-12/h6,9-10,12H,2-5H2,1H3/t9-,10+,12+/m1/s1. The van der Waals surface area contributed by atoms with Crippen LogP contribution in [0.25, 0.3) is 0 Å². The number of fused-ring (bicyclic) bond motifs is 1. The summed E-state index contributed by atoms with van der Waals surface area (Å²) >= 11 is 0. The van der Waals surface area contributed by atoms with Gasteiger partial charge < -0.3 is 14.2 Å². The van der Waals surface area contributed by atoms with Crippen LogP contribution in [-0.4, -0.2) is 25.5 Å². The third kappa shape index (κ3) is 2.42. The Morgan fingerprint density at radius 3 is 3.24 bits per heavy atom. The molecule has 17 heavy (non-hydrogen) atoms. The summed E-state index contributed by atoms with van der Waals surface area (Å²) in [4.78, 5) is 11.8. The van der Waals surface area contributed by atoms with Crippen molar-refractivity contribution in [1.29, 1.82) is 5.26 Å². The number of nitrogens with zero attached hydrogens (tertiary/aromatic N) is 1. The molecule has 2 aliphatic heterocycles. The minimum absolute atomic E-state index is 0.0418. The van der Waals surface area contributed by atoms with Crippen molar-refractivity contribution in [2.45, 2.75) is 26.1 Å². The van der Waals surface area contributed by atoms with E-state index < -0.39 is 12.2 Å². The van der Waals surface area contributed by atoms with Crippen LogP contribution in [0.4, 0.5) is 0 Å². The van der Waals surface area contributed by atoms with Gasteiger partial charge >= 0.3 is 5.97 Å². The smallest absolute Gasteiger partial charge is 0.313 e. The van der Waals surface area contributed by atoms with Gasteiger partial charge in [0.25, 0.3) is 0 Å². The zero-order valence-corrected chi connectivity index (χ0v) is 9.72. The molecule has 3 atom stereocenters. The molecule has 0 saturated carbocycles. The quantitative estimate of drug-likeness (QED) is 0.678. The highest BCUT2D eigenvalue weighted by atomic mass is 16.7. The minimum atomic E-state index is -0.488. The summed E-state index contributed by atoms with van der Waals surface area (Å²) in [6.07, 6.45) is 2.81. The Morgan fingerprint density at radius 1 is 1.71 bits per heavy atom. The van der Waals surface area contributed by atoms with Gasteiger partial charge in [-0.1, -0.05) is 0 Å². The van der Waals surface area contributed by atoms with E-state index in [2.05, 4.69) is 0 Å². The maximum atomic E-state index is 11.8. The number of hydrogen-bond donors (Lipinski definition) is 0. The Kier molecular flexibility index (Phi) is 3.64. The van der Waals surface area contributed by atoms with Crippen molar-refractivity contribution in [3.05, 3.63) is 11.8 Å². The molecule has 1 saturated heterocycles. The Hall–Kier alpha value is -1.54. The largest absolute Gasteiger partial charge is 0.466 e. The number of hydrogen-bond acceptors (Lipinski definition) is 5. The molecule has 0 radical (unpaired) electrons. The summed E-state index contributed by atoms with van der Waals surface area (Å²) in [5.74, 6) is -0.626. The van der Waals surface area contributed by atoms with E-state index in [0.717, 1.165) is 12.8 Å². The highest BCUT2D eigenvalue weighted by molar-refractivity contribution is 5.75. The lowest BCUT2D eigenvalue weighted by atomic mass is 9.84. The Morgan fingerprint density at radius 2 is 2.53 bits per heavy atom. The van der Waals surface area contributed by atoms with Gasteiger partial charge in [0, 0.05) is 5.92 Å². The molecule has 0 amide bonds. The van der Waals surface area contributed by atoms with Crippen LogP contribution in [-0.2, 0) is 19.0 Å². The van der Waals surface area contributed by atoms with E-state index in [1.165, 1.54) is 0 Å². The molecule has 0 bridgehead atoms. The summed E-state index contributed by atoms with van der Waals surface area (Å²) in [5, 5.41) is 8.86. The number of ether oxygens (including phenoxy) is 3. The fraction of sp³-hybridized carbons (Fsp3) is 0.667. The van der Waals surface area contributed by atoms with Gasteiger partial charge in [0.05, 0.1) is 19.1 Å². The van der Waals surface area contributed by atoms with Crippen molar-refractivity contribution in [1.82, 2.24) is 0 Å². The summed E-state index contributed by atoms with van der Waals surface area (Å²) in [7, 11) is 0. The van der Waals surface area contributed by atoms with Crippen LogP contribution < -0.4 is 0 Å². The Labute approximate surface area is 99.9 Å². The predicted octanol–water partition coefficient (Wildman–Crippen LogP) is 1.36. The van der Waals surface area contributed by atoms with Crippen LogP contribution in [0, 0.1) is 23.2 Å². The number of rotatable bonds is 2. The van der Waals surface area contributed by atoms with Gasteiger partial charge in [0.15, 0.2) is 5.76 Å². The van der Waals surface area contributed by atoms with E-state index in [-0.39, 0.29) is 17.6 Å². The van der Waals surface area contributed by atoms with Crippen molar-refractivity contribution < 1.29 is 19.0 Å². The van der Waals surface area contributed by atoms with Crippen LogP contribution in [0.15, 0.2) is 11.8 Å². The van der Waals surface area contributed by atoms with Crippen molar-refractivity contribution in [2.75, 3.05) is 13.2 Å². The molecule has 0 unspecified atom stereocenters. The molecule has 0 spiro atoms. The molecular weight excluding hydrogens is 222 g/mol. The fourth-order valence-corrected chi connectivity index (χ4v) is 2.24. The molecule has 0 aliphatic carbocycles. The molecule has 0 N–H and O–H groups in total. The number of carbonyl (C=O) groups excluding carboxylic acids is 1. The molecule has 2 rings (SSSR count). The SMILES string of the molecule is CCOC(=O)[C@H]1C=C(C#N)O[C@@H]2OCCC[C@@H]21. The zero-order chi connectivity index (χ0) is 12.3. The third-order valence-electron chi connectivity index (χ3n) is 3.02. The van der Waals surface area contributed by atoms with Crippen LogP contribution >= 0.6 is 0 Å². The summed E-state index contributed by atoms with van der Waals surface area (Å²) in [5.41, 5.74) is 0. The normalized spacial score (nSPS) is 31.5. The molecule has 0 aromatic carbocycles. The number of carbonyl (C=O) groups is 1. The molecule has 0 aromatic heterocycles. The average molecular weight is 237 g/mol. The van der Waals surface area contributed by atoms with E-state index in [9.17, 15) is 4.79 Å². The van der Waals surface area contributed by atoms with Crippen molar-refractivity contribution >= 4 is 5.97 Å². The number of nitriles is 1. The Balaban J connectivity index is 2.20. The molecule has 1 fully saturated rings. The monoisotopic (exact) mass is 237 g/mol. The molecule has 5 nitrogen and oxygen atoms in total. The van der Waals surface area contributed by atoms with Crippen molar-refractivity contribution in [3.8, 4) is 6.07 Å². The summed E-state index contributed by atoms with van der Waals surface area (Å²) < 4.78 is 15.8. The van der Waals surface area contributed by atoms with Crippen LogP contribution in [0.2, 0.25) is 0 Å². The molecule has 5 heteroatoms. The average Bonchev–Trinajstić information content (AvgIpc) is 2.37. The minimum Gasteiger partial charge on any atom is -0.466 e. The lowest BCUT2D eigenvalue weighted by Gasteiger charge is -2.37. The second kappa shape index (κ2) is 5.19. The van der Waals surface area contributed by atoms with Crippen molar-refractivity contribution in [3.63, 3.8) is 0 Å². The van der Waals surface area contributed by atoms with E-state index in [1.807, 2.05) is 6.07 Å². The van der Waals surface area contributed by atoms with E-state index >= 15 is 0 Å². The first-order valence-corrected chi connectivity index (χ1v) is 5.83. The van der Waals surface area contributed by atoms with E-state index in [1.54, 1.807) is 13.0 Å². The second-order valence-electron chi connectivity index (χ2n) is 4.08. The highest BCUT2D eigenvalue weighted by Gasteiger charge is 2.41. The summed E-state index contributed by atoms with van der Waals surface area (Å²) in [6.45, 7) is 2.71. The maximum absolute atomic E-state index is 11.8. The number of allylic oxidation sites excluding steroid dienone is 1. The fourth-order valence-electron chi connectivity index (χ4n) is 2.24. The highest BCUT2D eigenvalue weighted by Crippen LogP contribution is 2.35. The molecule has 92 valence electrons. The van der Waals surface area contributed by atoms with Gasteiger partial charge in [0.1, 0.15) is 6.07 Å². The van der Waals surface area contributed by atoms with Gasteiger partial charge in [-0.2, -0.15) is 5.26 Å². The molecule has 2 heterocycles.